The monoisotopic (exact) mass is 340 g/mol. The molecule has 0 aliphatic carbocycles. The second-order valence-corrected chi connectivity index (χ2v) is 6.96. The Balaban J connectivity index is 2.84. The summed E-state index contributed by atoms with van der Waals surface area (Å²) in [5.41, 5.74) is 11.6. The van der Waals surface area contributed by atoms with Gasteiger partial charge in [0.1, 0.15) is 0 Å². The summed E-state index contributed by atoms with van der Waals surface area (Å²) in [7, 11) is 0. The lowest BCUT2D eigenvalue weighted by atomic mass is 9.89. The zero-order valence-corrected chi connectivity index (χ0v) is 15.6. The molecule has 2 aromatic rings. The number of nitrogens with zero attached hydrogens (tertiary/aromatic N) is 1. The summed E-state index contributed by atoms with van der Waals surface area (Å²) in [6.45, 7) is 8.62. The molecule has 0 saturated carbocycles. The van der Waals surface area contributed by atoms with E-state index in [1.54, 1.807) is 0 Å². The minimum atomic E-state index is -0.933. The number of aromatic carboxylic acids is 1. The number of carboxylic acids is 1. The number of benzene rings is 1. The van der Waals surface area contributed by atoms with Crippen molar-refractivity contribution >= 4 is 5.97 Å². The van der Waals surface area contributed by atoms with Crippen LogP contribution in [0.4, 0.5) is 0 Å². The summed E-state index contributed by atoms with van der Waals surface area (Å²) in [4.78, 5) is 16.8. The number of hydrogen-bond acceptors (Lipinski definition) is 3. The van der Waals surface area contributed by atoms with E-state index in [1.807, 2.05) is 38.1 Å². The maximum Gasteiger partial charge on any atom is 0.338 e. The molecule has 4 heteroatoms. The summed E-state index contributed by atoms with van der Waals surface area (Å²) in [6.07, 6.45) is 2.29. The molecule has 1 aromatic carbocycles. The Morgan fingerprint density at radius 3 is 2.32 bits per heavy atom. The number of aromatic nitrogens is 1. The summed E-state index contributed by atoms with van der Waals surface area (Å²) in [5.74, 6) is -0.508. The molecule has 0 radical (unpaired) electrons. The summed E-state index contributed by atoms with van der Waals surface area (Å²) in [6, 6.07) is 7.96. The number of nitrogens with two attached hydrogens (primary N) is 1. The van der Waals surface area contributed by atoms with Gasteiger partial charge in [0.15, 0.2) is 0 Å². The number of aryl methyl sites for hydroxylation is 2. The van der Waals surface area contributed by atoms with Gasteiger partial charge in [-0.3, -0.25) is 4.98 Å². The van der Waals surface area contributed by atoms with Crippen LogP contribution in [0.15, 0.2) is 24.3 Å². The molecule has 0 saturated heterocycles. The first-order valence-electron chi connectivity index (χ1n) is 8.94. The van der Waals surface area contributed by atoms with Gasteiger partial charge in [-0.25, -0.2) is 4.79 Å². The molecule has 0 bridgehead atoms. The maximum absolute atomic E-state index is 12.1. The van der Waals surface area contributed by atoms with E-state index < -0.39 is 5.97 Å². The van der Waals surface area contributed by atoms with Gasteiger partial charge in [-0.15, -0.1) is 0 Å². The topological polar surface area (TPSA) is 76.2 Å². The van der Waals surface area contributed by atoms with E-state index in [9.17, 15) is 9.90 Å². The quantitative estimate of drug-likeness (QED) is 0.785. The van der Waals surface area contributed by atoms with Crippen LogP contribution < -0.4 is 5.73 Å². The molecule has 0 aliphatic rings. The highest BCUT2D eigenvalue weighted by Crippen LogP contribution is 2.33. The van der Waals surface area contributed by atoms with Crippen molar-refractivity contribution in [2.24, 2.45) is 11.7 Å². The molecule has 1 aromatic heterocycles. The van der Waals surface area contributed by atoms with Gasteiger partial charge in [-0.05, 0) is 36.8 Å². The van der Waals surface area contributed by atoms with Crippen molar-refractivity contribution in [3.05, 3.63) is 52.3 Å². The Hall–Kier alpha value is -2.20. The third-order valence-electron chi connectivity index (χ3n) is 4.31. The fraction of sp³-hybridized carbons (Fsp3) is 0.429. The largest absolute Gasteiger partial charge is 0.478 e. The van der Waals surface area contributed by atoms with Crippen LogP contribution in [-0.2, 0) is 19.4 Å². The number of hydrogen-bond donors (Lipinski definition) is 2. The first-order chi connectivity index (χ1) is 11.9. The first-order valence-corrected chi connectivity index (χ1v) is 8.94. The van der Waals surface area contributed by atoms with Gasteiger partial charge >= 0.3 is 5.97 Å². The van der Waals surface area contributed by atoms with E-state index in [0.717, 1.165) is 40.8 Å². The van der Waals surface area contributed by atoms with E-state index in [4.69, 9.17) is 10.7 Å². The van der Waals surface area contributed by atoms with Crippen molar-refractivity contribution in [1.82, 2.24) is 4.98 Å². The fourth-order valence-corrected chi connectivity index (χ4v) is 3.19. The zero-order valence-electron chi connectivity index (χ0n) is 15.6. The SMILES string of the molecule is CCCc1nc(CC(C)C)c(CN)c(-c2ccc(C)cc2)c1C(=O)O. The van der Waals surface area contributed by atoms with Crippen LogP contribution in [-0.4, -0.2) is 16.1 Å². The lowest BCUT2D eigenvalue weighted by Crippen LogP contribution is -2.17. The molecule has 4 nitrogen and oxygen atoms in total. The first kappa shape index (κ1) is 19.1. The molecule has 0 fully saturated rings. The summed E-state index contributed by atoms with van der Waals surface area (Å²) >= 11 is 0. The average molecular weight is 340 g/mol. The second kappa shape index (κ2) is 8.26. The van der Waals surface area contributed by atoms with Gasteiger partial charge in [-0.2, -0.15) is 0 Å². The predicted octanol–water partition coefficient (Wildman–Crippen LogP) is 4.36. The molecule has 134 valence electrons. The Labute approximate surface area is 150 Å². The predicted molar refractivity (Wildman–Crippen MR) is 102 cm³/mol. The third kappa shape index (κ3) is 4.26. The number of pyridine rings is 1. The lowest BCUT2D eigenvalue weighted by Gasteiger charge is -2.20. The van der Waals surface area contributed by atoms with Crippen LogP contribution in [0, 0.1) is 12.8 Å². The molecule has 0 spiro atoms. The smallest absolute Gasteiger partial charge is 0.338 e. The Morgan fingerprint density at radius 1 is 1.20 bits per heavy atom. The molecule has 0 unspecified atom stereocenters. The normalized spacial score (nSPS) is 11.1. The molecule has 0 amide bonds. The highest BCUT2D eigenvalue weighted by Gasteiger charge is 2.24. The number of rotatable bonds is 7. The van der Waals surface area contributed by atoms with Crippen LogP contribution in [0.3, 0.4) is 0 Å². The summed E-state index contributed by atoms with van der Waals surface area (Å²) in [5, 5.41) is 9.90. The van der Waals surface area contributed by atoms with Crippen molar-refractivity contribution in [2.75, 3.05) is 0 Å². The Kier molecular flexibility index (Phi) is 6.32. The zero-order chi connectivity index (χ0) is 18.6. The standard InChI is InChI=1S/C21H28N2O2/c1-5-6-17-20(21(24)25)19(15-9-7-14(4)8-10-15)16(12-22)18(23-17)11-13(2)3/h7-10,13H,5-6,11-12,22H2,1-4H3,(H,24,25). The van der Waals surface area contributed by atoms with Gasteiger partial charge in [-0.1, -0.05) is 57.0 Å². The third-order valence-corrected chi connectivity index (χ3v) is 4.31. The molecule has 0 aliphatic heterocycles. The molecule has 1 heterocycles. The van der Waals surface area contributed by atoms with Crippen LogP contribution in [0.1, 0.15) is 60.1 Å². The fourth-order valence-electron chi connectivity index (χ4n) is 3.19. The van der Waals surface area contributed by atoms with E-state index in [1.165, 1.54) is 0 Å². The molecular formula is C21H28N2O2. The highest BCUT2D eigenvalue weighted by atomic mass is 16.4. The Bertz CT molecular complexity index is 749. The van der Waals surface area contributed by atoms with Crippen LogP contribution >= 0.6 is 0 Å². The average Bonchev–Trinajstić information content (AvgIpc) is 2.54. The summed E-state index contributed by atoms with van der Waals surface area (Å²) < 4.78 is 0. The maximum atomic E-state index is 12.1. The van der Waals surface area contributed by atoms with Crippen LogP contribution in [0.5, 0.6) is 0 Å². The van der Waals surface area contributed by atoms with Crippen molar-refractivity contribution in [3.8, 4) is 11.1 Å². The van der Waals surface area contributed by atoms with Crippen molar-refractivity contribution < 1.29 is 9.90 Å². The van der Waals surface area contributed by atoms with Gasteiger partial charge < -0.3 is 10.8 Å². The van der Waals surface area contributed by atoms with E-state index in [0.29, 0.717) is 23.6 Å². The van der Waals surface area contributed by atoms with E-state index in [-0.39, 0.29) is 6.54 Å². The van der Waals surface area contributed by atoms with Crippen molar-refractivity contribution in [3.63, 3.8) is 0 Å². The van der Waals surface area contributed by atoms with Gasteiger partial charge in [0.2, 0.25) is 0 Å². The van der Waals surface area contributed by atoms with Crippen LogP contribution in [0.2, 0.25) is 0 Å². The molecule has 3 N–H and O–H groups in total. The van der Waals surface area contributed by atoms with Crippen LogP contribution in [0.25, 0.3) is 11.1 Å². The van der Waals surface area contributed by atoms with E-state index >= 15 is 0 Å². The molecule has 2 rings (SSSR count). The molecule has 25 heavy (non-hydrogen) atoms. The lowest BCUT2D eigenvalue weighted by molar-refractivity contribution is 0.0696. The minimum Gasteiger partial charge on any atom is -0.478 e. The second-order valence-electron chi connectivity index (χ2n) is 6.96. The Morgan fingerprint density at radius 2 is 1.84 bits per heavy atom. The highest BCUT2D eigenvalue weighted by molar-refractivity contribution is 5.98. The number of carboxylic acid groups (broad SMARTS) is 1. The molecular weight excluding hydrogens is 312 g/mol. The van der Waals surface area contributed by atoms with E-state index in [2.05, 4.69) is 13.8 Å². The van der Waals surface area contributed by atoms with Crippen molar-refractivity contribution in [2.45, 2.75) is 53.5 Å². The van der Waals surface area contributed by atoms with Gasteiger partial charge in [0.05, 0.1) is 11.3 Å². The van der Waals surface area contributed by atoms with Crippen molar-refractivity contribution in [1.29, 1.82) is 0 Å². The minimum absolute atomic E-state index is 0.283. The number of carbonyl (C=O) groups is 1. The van der Waals surface area contributed by atoms with Gasteiger partial charge in [0, 0.05) is 17.8 Å². The van der Waals surface area contributed by atoms with Gasteiger partial charge in [0.25, 0.3) is 0 Å². The molecule has 0 atom stereocenters.